The maximum atomic E-state index is 10.8. The number of aryl methyl sites for hydroxylation is 1. The maximum Gasteiger partial charge on any atom is 0.352 e. The van der Waals surface area contributed by atoms with Gasteiger partial charge < -0.3 is 14.8 Å². The van der Waals surface area contributed by atoms with E-state index in [4.69, 9.17) is 9.84 Å². The number of carboxylic acids is 1. The summed E-state index contributed by atoms with van der Waals surface area (Å²) in [5, 5.41) is 9.75. The van der Waals surface area contributed by atoms with Crippen LogP contribution in [0.4, 0.5) is 0 Å². The van der Waals surface area contributed by atoms with E-state index in [-0.39, 0.29) is 5.69 Å². The maximum absolute atomic E-state index is 10.8. The number of nitrogens with one attached hydrogen (secondary N) is 1. The van der Waals surface area contributed by atoms with Crippen LogP contribution in [0.1, 0.15) is 16.1 Å². The molecule has 2 N–H and O–H groups in total. The Balaban J connectivity index is 2.69. The minimum absolute atomic E-state index is 0.196. The van der Waals surface area contributed by atoms with Gasteiger partial charge in [0, 0.05) is 17.0 Å². The fourth-order valence-electron chi connectivity index (χ4n) is 1.62. The molecule has 1 heterocycles. The SMILES string of the molecule is COc1cc(C)c2cc(C(=O)O)[nH]c2c1. The lowest BCUT2D eigenvalue weighted by atomic mass is 10.1. The van der Waals surface area contributed by atoms with Crippen LogP contribution in [-0.4, -0.2) is 23.2 Å². The molecule has 0 bridgehead atoms. The van der Waals surface area contributed by atoms with Gasteiger partial charge in [-0.15, -0.1) is 0 Å². The van der Waals surface area contributed by atoms with E-state index in [1.54, 1.807) is 19.2 Å². The van der Waals surface area contributed by atoms with Gasteiger partial charge in [0.15, 0.2) is 0 Å². The normalized spacial score (nSPS) is 10.5. The molecule has 0 unspecified atom stereocenters. The molecule has 0 radical (unpaired) electrons. The van der Waals surface area contributed by atoms with Crippen molar-refractivity contribution in [1.82, 2.24) is 4.98 Å². The summed E-state index contributed by atoms with van der Waals surface area (Å²) < 4.78 is 5.11. The van der Waals surface area contributed by atoms with Crippen molar-refractivity contribution in [1.29, 1.82) is 0 Å². The number of rotatable bonds is 2. The highest BCUT2D eigenvalue weighted by molar-refractivity contribution is 5.95. The number of aromatic carboxylic acids is 1. The molecule has 0 saturated carbocycles. The second-order valence-electron chi connectivity index (χ2n) is 3.39. The van der Waals surface area contributed by atoms with E-state index in [9.17, 15) is 4.79 Å². The molecule has 0 spiro atoms. The van der Waals surface area contributed by atoms with Crippen molar-refractivity contribution in [3.63, 3.8) is 0 Å². The zero-order valence-corrected chi connectivity index (χ0v) is 8.50. The lowest BCUT2D eigenvalue weighted by Crippen LogP contribution is -1.94. The molecule has 4 nitrogen and oxygen atoms in total. The average Bonchev–Trinajstić information content (AvgIpc) is 2.61. The number of ether oxygens (including phenoxy) is 1. The van der Waals surface area contributed by atoms with Crippen LogP contribution in [-0.2, 0) is 0 Å². The van der Waals surface area contributed by atoms with Crippen LogP contribution in [0, 0.1) is 6.92 Å². The Morgan fingerprint density at radius 2 is 2.13 bits per heavy atom. The van der Waals surface area contributed by atoms with E-state index >= 15 is 0 Å². The molecular formula is C11H11NO3. The first-order valence-electron chi connectivity index (χ1n) is 4.52. The van der Waals surface area contributed by atoms with E-state index in [0.29, 0.717) is 0 Å². The third-order valence-corrected chi connectivity index (χ3v) is 2.38. The molecule has 78 valence electrons. The highest BCUT2D eigenvalue weighted by Crippen LogP contribution is 2.25. The summed E-state index contributed by atoms with van der Waals surface area (Å²) >= 11 is 0. The number of benzene rings is 1. The number of hydrogen-bond donors (Lipinski definition) is 2. The van der Waals surface area contributed by atoms with Crippen molar-refractivity contribution in [2.24, 2.45) is 0 Å². The summed E-state index contributed by atoms with van der Waals surface area (Å²) in [5.41, 5.74) is 1.97. The topological polar surface area (TPSA) is 62.3 Å². The first kappa shape index (κ1) is 9.58. The molecule has 1 aromatic heterocycles. The number of methoxy groups -OCH3 is 1. The van der Waals surface area contributed by atoms with Gasteiger partial charge in [0.25, 0.3) is 0 Å². The van der Waals surface area contributed by atoms with Gasteiger partial charge in [-0.25, -0.2) is 4.79 Å². The Bertz CT molecular complexity index is 528. The lowest BCUT2D eigenvalue weighted by Gasteiger charge is -2.01. The number of aromatic amines is 1. The van der Waals surface area contributed by atoms with Crippen molar-refractivity contribution in [2.75, 3.05) is 7.11 Å². The van der Waals surface area contributed by atoms with E-state index < -0.39 is 5.97 Å². The highest BCUT2D eigenvalue weighted by Gasteiger charge is 2.09. The summed E-state index contributed by atoms with van der Waals surface area (Å²) in [5.74, 6) is -0.233. The molecule has 2 aromatic rings. The Morgan fingerprint density at radius 1 is 1.40 bits per heavy atom. The number of fused-ring (bicyclic) bond motifs is 1. The fraction of sp³-hybridized carbons (Fsp3) is 0.182. The summed E-state index contributed by atoms with van der Waals surface area (Å²) in [7, 11) is 1.58. The highest BCUT2D eigenvalue weighted by atomic mass is 16.5. The van der Waals surface area contributed by atoms with Crippen molar-refractivity contribution in [2.45, 2.75) is 6.92 Å². The van der Waals surface area contributed by atoms with Crippen molar-refractivity contribution < 1.29 is 14.6 Å². The van der Waals surface area contributed by atoms with Crippen LogP contribution in [0.25, 0.3) is 10.9 Å². The van der Waals surface area contributed by atoms with Crippen LogP contribution in [0.3, 0.4) is 0 Å². The first-order chi connectivity index (χ1) is 7.11. The Kier molecular flexibility index (Phi) is 2.11. The fourth-order valence-corrected chi connectivity index (χ4v) is 1.62. The number of hydrogen-bond acceptors (Lipinski definition) is 2. The summed E-state index contributed by atoms with van der Waals surface area (Å²) in [6.07, 6.45) is 0. The smallest absolute Gasteiger partial charge is 0.352 e. The molecule has 0 aliphatic heterocycles. The molecule has 0 fully saturated rings. The van der Waals surface area contributed by atoms with E-state index in [0.717, 1.165) is 22.2 Å². The minimum Gasteiger partial charge on any atom is -0.497 e. The third kappa shape index (κ3) is 1.54. The summed E-state index contributed by atoms with van der Waals surface area (Å²) in [6.45, 7) is 1.92. The molecular weight excluding hydrogens is 194 g/mol. The molecule has 0 saturated heterocycles. The number of carbonyl (C=O) groups is 1. The van der Waals surface area contributed by atoms with Gasteiger partial charge in [-0.3, -0.25) is 0 Å². The van der Waals surface area contributed by atoms with Crippen LogP contribution >= 0.6 is 0 Å². The molecule has 0 aliphatic rings. The van der Waals surface area contributed by atoms with E-state index in [1.807, 2.05) is 13.0 Å². The molecule has 4 heteroatoms. The van der Waals surface area contributed by atoms with Gasteiger partial charge >= 0.3 is 5.97 Å². The standard InChI is InChI=1S/C11H11NO3/c1-6-3-7(15-2)4-9-8(6)5-10(12-9)11(13)14/h3-5,12H,1-2H3,(H,13,14). The Morgan fingerprint density at radius 3 is 2.73 bits per heavy atom. The van der Waals surface area contributed by atoms with Gasteiger partial charge in [0.2, 0.25) is 0 Å². The van der Waals surface area contributed by atoms with Crippen LogP contribution < -0.4 is 4.74 Å². The van der Waals surface area contributed by atoms with E-state index in [2.05, 4.69) is 4.98 Å². The van der Waals surface area contributed by atoms with Crippen LogP contribution in [0.5, 0.6) is 5.75 Å². The van der Waals surface area contributed by atoms with E-state index in [1.165, 1.54) is 0 Å². The zero-order chi connectivity index (χ0) is 11.0. The second-order valence-corrected chi connectivity index (χ2v) is 3.39. The predicted molar refractivity (Wildman–Crippen MR) is 56.5 cm³/mol. The van der Waals surface area contributed by atoms with Gasteiger partial charge in [0.05, 0.1) is 7.11 Å². The average molecular weight is 205 g/mol. The lowest BCUT2D eigenvalue weighted by molar-refractivity contribution is 0.0691. The third-order valence-electron chi connectivity index (χ3n) is 2.38. The summed E-state index contributed by atoms with van der Waals surface area (Å²) in [4.78, 5) is 13.6. The summed E-state index contributed by atoms with van der Waals surface area (Å²) in [6, 6.07) is 5.29. The largest absolute Gasteiger partial charge is 0.497 e. The predicted octanol–water partition coefficient (Wildman–Crippen LogP) is 2.18. The number of H-pyrrole nitrogens is 1. The van der Waals surface area contributed by atoms with Crippen LogP contribution in [0.15, 0.2) is 18.2 Å². The first-order valence-corrected chi connectivity index (χ1v) is 4.52. The van der Waals surface area contributed by atoms with Crippen molar-refractivity contribution in [3.05, 3.63) is 29.5 Å². The van der Waals surface area contributed by atoms with Gasteiger partial charge in [-0.05, 0) is 24.6 Å². The number of aromatic nitrogens is 1. The molecule has 1 aromatic carbocycles. The van der Waals surface area contributed by atoms with Crippen molar-refractivity contribution in [3.8, 4) is 5.75 Å². The second kappa shape index (κ2) is 3.31. The molecule has 2 rings (SSSR count). The zero-order valence-electron chi connectivity index (χ0n) is 8.50. The monoisotopic (exact) mass is 205 g/mol. The Labute approximate surface area is 86.5 Å². The minimum atomic E-state index is -0.954. The number of carboxylic acid groups (broad SMARTS) is 1. The quantitative estimate of drug-likeness (QED) is 0.789. The van der Waals surface area contributed by atoms with Crippen molar-refractivity contribution >= 4 is 16.9 Å². The molecule has 0 atom stereocenters. The van der Waals surface area contributed by atoms with Gasteiger partial charge in [-0.1, -0.05) is 0 Å². The molecule has 15 heavy (non-hydrogen) atoms. The van der Waals surface area contributed by atoms with Gasteiger partial charge in [0.1, 0.15) is 11.4 Å². The molecule has 0 aliphatic carbocycles. The van der Waals surface area contributed by atoms with Gasteiger partial charge in [-0.2, -0.15) is 0 Å². The molecule has 0 amide bonds. The Hall–Kier alpha value is -1.97. The van der Waals surface area contributed by atoms with Crippen LogP contribution in [0.2, 0.25) is 0 Å².